The fraction of sp³-hybridized carbons (Fsp3) is 0.533. The third-order valence-electron chi connectivity index (χ3n) is 3.72. The lowest BCUT2D eigenvalue weighted by Crippen LogP contribution is -2.44. The number of hydrogen-bond donors (Lipinski definition) is 2. The molecule has 1 aromatic rings. The summed E-state index contributed by atoms with van der Waals surface area (Å²) in [6.45, 7) is 5.42. The number of hydrogen-bond acceptors (Lipinski definition) is 3. The molecule has 1 heterocycles. The van der Waals surface area contributed by atoms with E-state index < -0.39 is 0 Å². The first kappa shape index (κ1) is 15.1. The maximum atomic E-state index is 12.2. The van der Waals surface area contributed by atoms with Crippen molar-refractivity contribution in [1.29, 1.82) is 0 Å². The predicted molar refractivity (Wildman–Crippen MR) is 83.1 cm³/mol. The number of nitrogen functional groups attached to an aromatic ring is 1. The summed E-state index contributed by atoms with van der Waals surface area (Å²) in [6.07, 6.45) is 3.16. The van der Waals surface area contributed by atoms with Crippen molar-refractivity contribution in [3.8, 4) is 0 Å². The fourth-order valence-corrected chi connectivity index (χ4v) is 2.78. The number of rotatable bonds is 4. The zero-order valence-electron chi connectivity index (χ0n) is 11.9. The lowest BCUT2D eigenvalue weighted by atomic mass is 10.0. The Hall–Kier alpha value is -1.26. The average molecular weight is 296 g/mol. The summed E-state index contributed by atoms with van der Waals surface area (Å²) in [5, 5.41) is 3.59. The van der Waals surface area contributed by atoms with E-state index in [9.17, 15) is 4.79 Å². The van der Waals surface area contributed by atoms with Gasteiger partial charge in [0.1, 0.15) is 0 Å². The molecule has 1 saturated heterocycles. The normalized spacial score (nSPS) is 17.1. The van der Waals surface area contributed by atoms with Crippen molar-refractivity contribution in [2.75, 3.05) is 25.4 Å². The first-order chi connectivity index (χ1) is 9.60. The van der Waals surface area contributed by atoms with E-state index in [1.54, 1.807) is 18.2 Å². The summed E-state index contributed by atoms with van der Waals surface area (Å²) >= 11 is 5.92. The van der Waals surface area contributed by atoms with Crippen molar-refractivity contribution in [3.05, 3.63) is 28.8 Å². The van der Waals surface area contributed by atoms with Crippen molar-refractivity contribution < 1.29 is 4.79 Å². The summed E-state index contributed by atoms with van der Waals surface area (Å²) in [5.74, 6) is -0.126. The van der Waals surface area contributed by atoms with Gasteiger partial charge in [-0.15, -0.1) is 0 Å². The molecule has 5 heteroatoms. The molecule has 1 aliphatic rings. The lowest BCUT2D eigenvalue weighted by Gasteiger charge is -2.32. The number of nitrogens with one attached hydrogen (secondary N) is 1. The Kier molecular flexibility index (Phi) is 5.26. The molecule has 0 saturated carbocycles. The van der Waals surface area contributed by atoms with Gasteiger partial charge < -0.3 is 16.0 Å². The molecular formula is C15H22ClN3O. The summed E-state index contributed by atoms with van der Waals surface area (Å²) in [7, 11) is 0. The van der Waals surface area contributed by atoms with Crippen LogP contribution in [0.3, 0.4) is 0 Å². The van der Waals surface area contributed by atoms with Gasteiger partial charge in [0.2, 0.25) is 0 Å². The molecule has 20 heavy (non-hydrogen) atoms. The van der Waals surface area contributed by atoms with E-state index in [-0.39, 0.29) is 11.9 Å². The number of carbonyl (C=O) groups is 1. The molecule has 4 nitrogen and oxygen atoms in total. The van der Waals surface area contributed by atoms with E-state index in [1.165, 1.54) is 6.42 Å². The van der Waals surface area contributed by atoms with Crippen molar-refractivity contribution >= 4 is 23.2 Å². The van der Waals surface area contributed by atoms with E-state index >= 15 is 0 Å². The highest BCUT2D eigenvalue weighted by Crippen LogP contribution is 2.19. The minimum atomic E-state index is -0.126. The Bertz CT molecular complexity index is 470. The zero-order chi connectivity index (χ0) is 14.5. The van der Waals surface area contributed by atoms with Crippen LogP contribution in [0.2, 0.25) is 5.02 Å². The average Bonchev–Trinajstić information content (AvgIpc) is 2.44. The van der Waals surface area contributed by atoms with Crippen LogP contribution in [-0.2, 0) is 0 Å². The van der Waals surface area contributed by atoms with Gasteiger partial charge in [-0.05, 0) is 44.0 Å². The molecule has 0 aliphatic carbocycles. The van der Waals surface area contributed by atoms with Gasteiger partial charge in [0.15, 0.2) is 0 Å². The topological polar surface area (TPSA) is 58.4 Å². The molecule has 0 bridgehead atoms. The van der Waals surface area contributed by atoms with Crippen LogP contribution in [0.25, 0.3) is 0 Å². The highest BCUT2D eigenvalue weighted by molar-refractivity contribution is 6.31. The second-order valence-corrected chi connectivity index (χ2v) is 5.76. The van der Waals surface area contributed by atoms with Crippen molar-refractivity contribution in [2.24, 2.45) is 0 Å². The van der Waals surface area contributed by atoms with Crippen molar-refractivity contribution in [3.63, 3.8) is 0 Å². The molecular weight excluding hydrogens is 274 g/mol. The Morgan fingerprint density at radius 2 is 2.15 bits per heavy atom. The van der Waals surface area contributed by atoms with Crippen LogP contribution in [0.1, 0.15) is 36.5 Å². The Balaban J connectivity index is 1.91. The zero-order valence-corrected chi connectivity index (χ0v) is 12.6. The van der Waals surface area contributed by atoms with Gasteiger partial charge in [-0.3, -0.25) is 4.79 Å². The van der Waals surface area contributed by atoms with Crippen molar-refractivity contribution in [2.45, 2.75) is 32.2 Å². The van der Waals surface area contributed by atoms with Crippen LogP contribution < -0.4 is 11.1 Å². The molecule has 0 spiro atoms. The van der Waals surface area contributed by atoms with Crippen LogP contribution in [0.5, 0.6) is 0 Å². The van der Waals surface area contributed by atoms with Crippen LogP contribution in [0, 0.1) is 0 Å². The first-order valence-electron chi connectivity index (χ1n) is 7.18. The summed E-state index contributed by atoms with van der Waals surface area (Å²) in [5.41, 5.74) is 6.76. The van der Waals surface area contributed by atoms with Crippen LogP contribution in [-0.4, -0.2) is 36.5 Å². The SMILES string of the molecule is CCCN1CCC(NC(=O)c2cc(Cl)ccc2N)CC1. The molecule has 0 aromatic heterocycles. The predicted octanol–water partition coefficient (Wildman–Crippen LogP) is 2.53. The van der Waals surface area contributed by atoms with Gasteiger partial charge in [-0.1, -0.05) is 18.5 Å². The largest absolute Gasteiger partial charge is 0.398 e. The summed E-state index contributed by atoms with van der Waals surface area (Å²) < 4.78 is 0. The maximum Gasteiger partial charge on any atom is 0.253 e. The molecule has 0 atom stereocenters. The van der Waals surface area contributed by atoms with Gasteiger partial charge in [-0.25, -0.2) is 0 Å². The standard InChI is InChI=1S/C15H22ClN3O/c1-2-7-19-8-5-12(6-9-19)18-15(20)13-10-11(16)3-4-14(13)17/h3-4,10,12H,2,5-9,17H2,1H3,(H,18,20). The number of halogens is 1. The number of likely N-dealkylation sites (tertiary alicyclic amines) is 1. The smallest absolute Gasteiger partial charge is 0.253 e. The molecule has 1 amide bonds. The Labute approximate surface area is 125 Å². The van der Waals surface area contributed by atoms with Gasteiger partial charge in [0, 0.05) is 29.8 Å². The van der Waals surface area contributed by atoms with Gasteiger partial charge in [-0.2, -0.15) is 0 Å². The molecule has 110 valence electrons. The van der Waals surface area contributed by atoms with Gasteiger partial charge >= 0.3 is 0 Å². The van der Waals surface area contributed by atoms with Crippen LogP contribution in [0.15, 0.2) is 18.2 Å². The number of benzene rings is 1. The van der Waals surface area contributed by atoms with E-state index in [4.69, 9.17) is 17.3 Å². The molecule has 1 fully saturated rings. The molecule has 1 aliphatic heterocycles. The fourth-order valence-electron chi connectivity index (χ4n) is 2.61. The lowest BCUT2D eigenvalue weighted by molar-refractivity contribution is 0.0912. The van der Waals surface area contributed by atoms with E-state index in [1.807, 2.05) is 0 Å². The highest BCUT2D eigenvalue weighted by Gasteiger charge is 2.21. The number of carbonyl (C=O) groups excluding carboxylic acids is 1. The third kappa shape index (κ3) is 3.87. The Morgan fingerprint density at radius 1 is 1.45 bits per heavy atom. The minimum Gasteiger partial charge on any atom is -0.398 e. The number of nitrogens with zero attached hydrogens (tertiary/aromatic N) is 1. The number of amides is 1. The van der Waals surface area contributed by atoms with E-state index in [2.05, 4.69) is 17.1 Å². The molecule has 3 N–H and O–H groups in total. The van der Waals surface area contributed by atoms with Crippen LogP contribution >= 0.6 is 11.6 Å². The molecule has 0 unspecified atom stereocenters. The second-order valence-electron chi connectivity index (χ2n) is 5.32. The molecule has 1 aromatic carbocycles. The van der Waals surface area contributed by atoms with Crippen LogP contribution in [0.4, 0.5) is 5.69 Å². The quantitative estimate of drug-likeness (QED) is 0.839. The number of anilines is 1. The number of piperidine rings is 1. The number of nitrogens with two attached hydrogens (primary N) is 1. The first-order valence-corrected chi connectivity index (χ1v) is 7.56. The highest BCUT2D eigenvalue weighted by atomic mass is 35.5. The third-order valence-corrected chi connectivity index (χ3v) is 3.96. The Morgan fingerprint density at radius 3 is 2.80 bits per heavy atom. The summed E-state index contributed by atoms with van der Waals surface area (Å²) in [6, 6.07) is 5.21. The van der Waals surface area contributed by atoms with E-state index in [0.717, 1.165) is 32.5 Å². The second kappa shape index (κ2) is 6.95. The van der Waals surface area contributed by atoms with Crippen molar-refractivity contribution in [1.82, 2.24) is 10.2 Å². The molecule has 2 rings (SSSR count). The maximum absolute atomic E-state index is 12.2. The monoisotopic (exact) mass is 295 g/mol. The van der Waals surface area contributed by atoms with Gasteiger partial charge in [0.05, 0.1) is 5.56 Å². The van der Waals surface area contributed by atoms with E-state index in [0.29, 0.717) is 16.3 Å². The van der Waals surface area contributed by atoms with Gasteiger partial charge in [0.25, 0.3) is 5.91 Å². The molecule has 0 radical (unpaired) electrons. The minimum absolute atomic E-state index is 0.126. The summed E-state index contributed by atoms with van der Waals surface area (Å²) in [4.78, 5) is 14.7.